The molecule has 3 rings (SSSR count). The van der Waals surface area contributed by atoms with E-state index in [9.17, 15) is 9.59 Å². The van der Waals surface area contributed by atoms with Gasteiger partial charge in [-0.2, -0.15) is 0 Å². The van der Waals surface area contributed by atoms with Crippen LogP contribution in [-0.4, -0.2) is 26.6 Å². The first-order valence-corrected chi connectivity index (χ1v) is 9.91. The van der Waals surface area contributed by atoms with Gasteiger partial charge in [0.15, 0.2) is 5.16 Å². The highest BCUT2D eigenvalue weighted by atomic mass is 32.2. The summed E-state index contributed by atoms with van der Waals surface area (Å²) in [6.07, 6.45) is 1.82. The highest BCUT2D eigenvalue weighted by molar-refractivity contribution is 8.00. The van der Waals surface area contributed by atoms with E-state index in [1.54, 1.807) is 31.2 Å². The standard InChI is InChI=1S/C21H22N4O2S/c1-3-25-18(16-10-6-4-7-11-16)14-22-21(25)28-15(2)19(26)23-24-20(27)17-12-8-5-9-13-17/h4-15H,3H2,1-2H3,(H,23,26)(H,24,27)/t15-/m1/s1. The molecule has 0 saturated carbocycles. The van der Waals surface area contributed by atoms with E-state index in [2.05, 4.69) is 20.4 Å². The van der Waals surface area contributed by atoms with Gasteiger partial charge in [0.1, 0.15) is 0 Å². The number of benzene rings is 2. The lowest BCUT2D eigenvalue weighted by molar-refractivity contribution is -0.121. The van der Waals surface area contributed by atoms with Crippen LogP contribution in [0.5, 0.6) is 0 Å². The topological polar surface area (TPSA) is 76.0 Å². The molecule has 0 fully saturated rings. The first kappa shape index (κ1) is 19.7. The molecule has 3 aromatic rings. The van der Waals surface area contributed by atoms with E-state index in [4.69, 9.17) is 0 Å². The minimum absolute atomic E-state index is 0.291. The van der Waals surface area contributed by atoms with Crippen LogP contribution in [0.1, 0.15) is 24.2 Å². The Morgan fingerprint density at radius 1 is 1.04 bits per heavy atom. The molecule has 0 spiro atoms. The summed E-state index contributed by atoms with van der Waals surface area (Å²) >= 11 is 1.35. The minimum Gasteiger partial charge on any atom is -0.319 e. The van der Waals surface area contributed by atoms with Gasteiger partial charge in [-0.15, -0.1) is 0 Å². The van der Waals surface area contributed by atoms with E-state index < -0.39 is 5.25 Å². The summed E-state index contributed by atoms with van der Waals surface area (Å²) in [5.74, 6) is -0.645. The Labute approximate surface area is 168 Å². The van der Waals surface area contributed by atoms with Crippen LogP contribution in [0, 0.1) is 0 Å². The fourth-order valence-electron chi connectivity index (χ4n) is 2.69. The summed E-state index contributed by atoms with van der Waals surface area (Å²) in [6, 6.07) is 18.7. The first-order valence-electron chi connectivity index (χ1n) is 9.03. The van der Waals surface area contributed by atoms with Crippen LogP contribution in [0.25, 0.3) is 11.3 Å². The Bertz CT molecular complexity index is 942. The maximum Gasteiger partial charge on any atom is 0.269 e. The van der Waals surface area contributed by atoms with Crippen molar-refractivity contribution in [2.75, 3.05) is 0 Å². The summed E-state index contributed by atoms with van der Waals surface area (Å²) in [5.41, 5.74) is 7.50. The zero-order valence-electron chi connectivity index (χ0n) is 15.8. The van der Waals surface area contributed by atoms with Crippen molar-refractivity contribution >= 4 is 23.6 Å². The summed E-state index contributed by atoms with van der Waals surface area (Å²) in [5, 5.41) is 0.339. The molecule has 2 amide bonds. The number of carbonyl (C=O) groups excluding carboxylic acids is 2. The van der Waals surface area contributed by atoms with Crippen molar-refractivity contribution in [3.8, 4) is 11.3 Å². The molecule has 0 aliphatic rings. The third-order valence-corrected chi connectivity index (χ3v) is 5.30. The van der Waals surface area contributed by atoms with Crippen molar-refractivity contribution in [3.05, 3.63) is 72.4 Å². The number of hydrogen-bond donors (Lipinski definition) is 2. The smallest absolute Gasteiger partial charge is 0.269 e. The second-order valence-corrected chi connectivity index (χ2v) is 7.41. The third-order valence-electron chi connectivity index (χ3n) is 4.19. The van der Waals surface area contributed by atoms with Crippen LogP contribution in [0.2, 0.25) is 0 Å². The van der Waals surface area contributed by atoms with Crippen molar-refractivity contribution in [1.29, 1.82) is 0 Å². The molecule has 0 saturated heterocycles. The van der Waals surface area contributed by atoms with Crippen LogP contribution in [0.4, 0.5) is 0 Å². The molecule has 144 valence electrons. The zero-order valence-corrected chi connectivity index (χ0v) is 16.6. The summed E-state index contributed by atoms with van der Waals surface area (Å²) < 4.78 is 2.08. The van der Waals surface area contributed by atoms with Gasteiger partial charge >= 0.3 is 0 Å². The second kappa shape index (κ2) is 9.23. The molecular weight excluding hydrogens is 372 g/mol. The average molecular weight is 395 g/mol. The second-order valence-electron chi connectivity index (χ2n) is 6.11. The summed E-state index contributed by atoms with van der Waals surface area (Å²) in [6.45, 7) is 4.57. The van der Waals surface area contributed by atoms with E-state index in [1.165, 1.54) is 11.8 Å². The maximum absolute atomic E-state index is 12.4. The molecule has 28 heavy (non-hydrogen) atoms. The van der Waals surface area contributed by atoms with Gasteiger partial charge in [0.05, 0.1) is 17.1 Å². The van der Waals surface area contributed by atoms with Crippen LogP contribution < -0.4 is 10.9 Å². The van der Waals surface area contributed by atoms with Gasteiger partial charge < -0.3 is 4.57 Å². The molecule has 0 aliphatic carbocycles. The normalized spacial score (nSPS) is 11.6. The van der Waals surface area contributed by atoms with Crippen molar-refractivity contribution in [2.45, 2.75) is 30.8 Å². The number of hydrogen-bond acceptors (Lipinski definition) is 4. The lowest BCUT2D eigenvalue weighted by Gasteiger charge is -2.14. The number of hydrazine groups is 1. The molecule has 0 aliphatic heterocycles. The Hall–Kier alpha value is -3.06. The molecular formula is C21H22N4O2S. The highest BCUT2D eigenvalue weighted by Gasteiger charge is 2.19. The Balaban J connectivity index is 1.63. The van der Waals surface area contributed by atoms with Gasteiger partial charge in [0.25, 0.3) is 11.8 Å². The van der Waals surface area contributed by atoms with Crippen LogP contribution in [0.3, 0.4) is 0 Å². The van der Waals surface area contributed by atoms with E-state index in [0.29, 0.717) is 5.56 Å². The predicted octanol–water partition coefficient (Wildman–Crippen LogP) is 3.51. The van der Waals surface area contributed by atoms with E-state index in [1.807, 2.05) is 49.5 Å². The zero-order chi connectivity index (χ0) is 19.9. The van der Waals surface area contributed by atoms with Crippen LogP contribution >= 0.6 is 11.8 Å². The number of rotatable bonds is 6. The predicted molar refractivity (Wildman–Crippen MR) is 111 cm³/mol. The molecule has 2 N–H and O–H groups in total. The molecule has 6 nitrogen and oxygen atoms in total. The van der Waals surface area contributed by atoms with Gasteiger partial charge in [0, 0.05) is 12.1 Å². The number of thioether (sulfide) groups is 1. The summed E-state index contributed by atoms with van der Waals surface area (Å²) in [4.78, 5) is 28.9. The van der Waals surface area contributed by atoms with E-state index >= 15 is 0 Å². The molecule has 0 bridgehead atoms. The van der Waals surface area contributed by atoms with E-state index in [0.717, 1.165) is 23.0 Å². The van der Waals surface area contributed by atoms with Crippen molar-refractivity contribution in [3.63, 3.8) is 0 Å². The third kappa shape index (κ3) is 4.61. The lowest BCUT2D eigenvalue weighted by Crippen LogP contribution is -2.44. The monoisotopic (exact) mass is 394 g/mol. The fourth-order valence-corrected chi connectivity index (χ4v) is 3.64. The van der Waals surface area contributed by atoms with Gasteiger partial charge in [-0.25, -0.2) is 4.98 Å². The molecule has 7 heteroatoms. The quantitative estimate of drug-likeness (QED) is 0.496. The lowest BCUT2D eigenvalue weighted by atomic mass is 10.2. The van der Waals surface area contributed by atoms with Crippen molar-refractivity contribution < 1.29 is 9.59 Å². The molecule has 0 radical (unpaired) electrons. The van der Waals surface area contributed by atoms with Gasteiger partial charge in [-0.1, -0.05) is 60.3 Å². The molecule has 1 aromatic heterocycles. The first-order chi connectivity index (χ1) is 13.6. The minimum atomic E-state index is -0.424. The van der Waals surface area contributed by atoms with Gasteiger partial charge in [-0.3, -0.25) is 20.4 Å². The van der Waals surface area contributed by atoms with Gasteiger partial charge in [0.2, 0.25) is 0 Å². The molecule has 1 atom stereocenters. The number of nitrogens with one attached hydrogen (secondary N) is 2. The molecule has 2 aromatic carbocycles. The average Bonchev–Trinajstić information content (AvgIpc) is 3.15. The number of imidazole rings is 1. The Kier molecular flexibility index (Phi) is 6.49. The maximum atomic E-state index is 12.4. The van der Waals surface area contributed by atoms with Crippen molar-refractivity contribution in [1.82, 2.24) is 20.4 Å². The Morgan fingerprint density at radius 2 is 1.68 bits per heavy atom. The highest BCUT2D eigenvalue weighted by Crippen LogP contribution is 2.28. The molecule has 0 unspecified atom stereocenters. The van der Waals surface area contributed by atoms with E-state index in [-0.39, 0.29) is 11.8 Å². The Morgan fingerprint density at radius 3 is 2.32 bits per heavy atom. The fraction of sp³-hybridized carbons (Fsp3) is 0.190. The van der Waals surface area contributed by atoms with Gasteiger partial charge in [-0.05, 0) is 31.5 Å². The number of carbonyl (C=O) groups is 2. The summed E-state index contributed by atoms with van der Waals surface area (Å²) in [7, 11) is 0. The number of nitrogens with zero attached hydrogens (tertiary/aromatic N) is 2. The molecule has 1 heterocycles. The van der Waals surface area contributed by atoms with Crippen molar-refractivity contribution in [2.24, 2.45) is 0 Å². The van der Waals surface area contributed by atoms with Crippen LogP contribution in [-0.2, 0) is 11.3 Å². The van der Waals surface area contributed by atoms with Crippen LogP contribution in [0.15, 0.2) is 72.0 Å². The number of aromatic nitrogens is 2. The largest absolute Gasteiger partial charge is 0.319 e. The SMILES string of the molecule is CCn1c(-c2ccccc2)cnc1S[C@H](C)C(=O)NNC(=O)c1ccccc1. The number of amides is 2.